The topological polar surface area (TPSA) is 111 Å². The second kappa shape index (κ2) is 9.87. The number of hydrogen-bond donors (Lipinski definition) is 2. The summed E-state index contributed by atoms with van der Waals surface area (Å²) in [7, 11) is 2.62. The van der Waals surface area contributed by atoms with Crippen molar-refractivity contribution in [2.24, 2.45) is 11.8 Å². The molecule has 178 valence electrons. The molecule has 0 spiro atoms. The van der Waals surface area contributed by atoms with E-state index in [0.717, 1.165) is 0 Å². The van der Waals surface area contributed by atoms with E-state index in [1.54, 1.807) is 6.92 Å². The summed E-state index contributed by atoms with van der Waals surface area (Å²) in [5, 5.41) is 13.4. The van der Waals surface area contributed by atoms with E-state index in [2.05, 4.69) is 5.32 Å². The van der Waals surface area contributed by atoms with Crippen LogP contribution in [0.25, 0.3) is 0 Å². The normalized spacial score (nSPS) is 22.5. The second-order valence-electron chi connectivity index (χ2n) is 8.22. The van der Waals surface area contributed by atoms with Crippen LogP contribution in [-0.4, -0.2) is 43.7 Å². The average Bonchev–Trinajstić information content (AvgIpc) is 2.77. The number of ether oxygens (including phenoxy) is 3. The van der Waals surface area contributed by atoms with Crippen molar-refractivity contribution in [3.63, 3.8) is 0 Å². The Labute approximate surface area is 197 Å². The zero-order valence-corrected chi connectivity index (χ0v) is 20.0. The number of hydrogen-bond acceptors (Lipinski definition) is 8. The zero-order chi connectivity index (χ0) is 24.4. The minimum Gasteiger partial charge on any atom is -0.503 e. The maximum absolute atomic E-state index is 13.7. The summed E-state index contributed by atoms with van der Waals surface area (Å²) in [5.41, 5.74) is 2.14. The van der Waals surface area contributed by atoms with Crippen molar-refractivity contribution in [1.29, 1.82) is 0 Å². The molecule has 0 saturated heterocycles. The third-order valence-electron chi connectivity index (χ3n) is 6.00. The number of benzene rings is 1. The first kappa shape index (κ1) is 24.6. The third-order valence-corrected chi connectivity index (χ3v) is 6.29. The van der Waals surface area contributed by atoms with Gasteiger partial charge >= 0.3 is 11.9 Å². The highest BCUT2D eigenvalue weighted by Crippen LogP contribution is 2.48. The van der Waals surface area contributed by atoms with Crippen LogP contribution in [0.1, 0.15) is 45.1 Å². The highest BCUT2D eigenvalue weighted by molar-refractivity contribution is 6.32. The summed E-state index contributed by atoms with van der Waals surface area (Å²) in [4.78, 5) is 39.2. The average molecular weight is 478 g/mol. The molecule has 0 radical (unpaired) electrons. The van der Waals surface area contributed by atoms with Crippen LogP contribution in [0, 0.1) is 11.8 Å². The first-order valence-corrected chi connectivity index (χ1v) is 11.1. The van der Waals surface area contributed by atoms with Crippen LogP contribution in [0.3, 0.4) is 0 Å². The van der Waals surface area contributed by atoms with Gasteiger partial charge in [0.2, 0.25) is 0 Å². The molecular formula is C24H28ClNO7. The molecule has 0 fully saturated rings. The highest BCUT2D eigenvalue weighted by atomic mass is 35.5. The lowest BCUT2D eigenvalue weighted by atomic mass is 9.69. The number of halogens is 1. The first-order chi connectivity index (χ1) is 15.7. The fourth-order valence-electron chi connectivity index (χ4n) is 4.47. The molecule has 9 heteroatoms. The Balaban J connectivity index is 2.24. The predicted octanol–water partition coefficient (Wildman–Crippen LogP) is 3.62. The van der Waals surface area contributed by atoms with Gasteiger partial charge in [0.1, 0.15) is 5.92 Å². The Morgan fingerprint density at radius 2 is 1.97 bits per heavy atom. The van der Waals surface area contributed by atoms with Crippen LogP contribution in [0.4, 0.5) is 0 Å². The number of phenols is 1. The Hall–Kier alpha value is -3.00. The largest absolute Gasteiger partial charge is 0.503 e. The maximum atomic E-state index is 13.7. The quantitative estimate of drug-likeness (QED) is 0.472. The number of methoxy groups -OCH3 is 2. The molecular weight excluding hydrogens is 450 g/mol. The van der Waals surface area contributed by atoms with Gasteiger partial charge in [-0.05, 0) is 43.4 Å². The van der Waals surface area contributed by atoms with Crippen molar-refractivity contribution >= 4 is 29.3 Å². The maximum Gasteiger partial charge on any atom is 0.336 e. The van der Waals surface area contributed by atoms with Crippen molar-refractivity contribution in [2.75, 3.05) is 20.8 Å². The number of nitrogens with one attached hydrogen (secondary N) is 1. The summed E-state index contributed by atoms with van der Waals surface area (Å²) >= 11 is 6.25. The van der Waals surface area contributed by atoms with E-state index in [1.807, 2.05) is 13.8 Å². The number of ketones is 1. The molecule has 2 N–H and O–H groups in total. The number of carbonyl (C=O) groups is 3. The Morgan fingerprint density at radius 3 is 2.58 bits per heavy atom. The molecule has 1 aromatic rings. The SMILES string of the molecule is CCCOC(=O)C1=C(C)NC2=C(C(=O)[C@@H](C(=O)OC)[C@H](C)C2)[C@H]1c1cc(Cl)c(O)c(OC)c1. The standard InChI is InChI=1S/C24H28ClNO7/c1-6-7-33-24(30)18-12(3)26-15-8-11(2)17(23(29)32-5)22(28)20(15)19(18)13-9-14(25)21(27)16(10-13)31-4/h9-11,17,19,26-27H,6-8H2,1-5H3/t11-,17+,19+/m1/s1. The summed E-state index contributed by atoms with van der Waals surface area (Å²) in [6, 6.07) is 3.01. The Kier molecular flexibility index (Phi) is 7.37. The molecule has 0 aromatic heterocycles. The summed E-state index contributed by atoms with van der Waals surface area (Å²) in [5.74, 6) is -3.95. The second-order valence-corrected chi connectivity index (χ2v) is 8.63. The number of phenolic OH excluding ortho intramolecular Hbond substituents is 1. The molecule has 8 nitrogen and oxygen atoms in total. The van der Waals surface area contributed by atoms with Gasteiger partial charge < -0.3 is 24.6 Å². The molecule has 3 rings (SSSR count). The lowest BCUT2D eigenvalue weighted by molar-refractivity contribution is -0.151. The fourth-order valence-corrected chi connectivity index (χ4v) is 4.69. The van der Waals surface area contributed by atoms with Crippen molar-refractivity contribution in [1.82, 2.24) is 5.32 Å². The zero-order valence-electron chi connectivity index (χ0n) is 19.3. The molecule has 0 bridgehead atoms. The lowest BCUT2D eigenvalue weighted by Gasteiger charge is -2.38. The van der Waals surface area contributed by atoms with Gasteiger partial charge in [0, 0.05) is 22.9 Å². The molecule has 0 saturated carbocycles. The number of esters is 2. The third kappa shape index (κ3) is 4.44. The number of aromatic hydroxyl groups is 1. The van der Waals surface area contributed by atoms with Crippen LogP contribution >= 0.6 is 11.6 Å². The van der Waals surface area contributed by atoms with E-state index in [9.17, 15) is 19.5 Å². The minimum atomic E-state index is -1.00. The Bertz CT molecular complexity index is 1060. The van der Waals surface area contributed by atoms with E-state index in [-0.39, 0.29) is 40.2 Å². The first-order valence-electron chi connectivity index (χ1n) is 10.7. The summed E-state index contributed by atoms with van der Waals surface area (Å²) in [6.45, 7) is 5.64. The molecule has 3 atom stereocenters. The highest BCUT2D eigenvalue weighted by Gasteiger charge is 2.47. The lowest BCUT2D eigenvalue weighted by Crippen LogP contribution is -2.43. The van der Waals surface area contributed by atoms with Crippen molar-refractivity contribution < 1.29 is 33.7 Å². The number of allylic oxidation sites excluding steroid dienone is 3. The molecule has 1 heterocycles. The van der Waals surface area contributed by atoms with Crippen molar-refractivity contribution in [3.05, 3.63) is 45.3 Å². The van der Waals surface area contributed by atoms with Gasteiger partial charge in [0.15, 0.2) is 17.3 Å². The van der Waals surface area contributed by atoms with Gasteiger partial charge in [-0.1, -0.05) is 25.4 Å². The number of rotatable bonds is 6. The monoisotopic (exact) mass is 477 g/mol. The van der Waals surface area contributed by atoms with Crippen LogP contribution in [0.2, 0.25) is 5.02 Å². The number of dihydropyridines is 1. The van der Waals surface area contributed by atoms with E-state index in [4.69, 9.17) is 25.8 Å². The molecule has 33 heavy (non-hydrogen) atoms. The molecule has 2 aliphatic rings. The molecule has 0 amide bonds. The number of Topliss-reactive ketones (excluding diaryl/α,β-unsaturated/α-hetero) is 1. The number of carbonyl (C=O) groups excluding carboxylic acids is 3. The van der Waals surface area contributed by atoms with Crippen LogP contribution in [0.5, 0.6) is 11.5 Å². The smallest absolute Gasteiger partial charge is 0.336 e. The minimum absolute atomic E-state index is 0.00473. The van der Waals surface area contributed by atoms with E-state index < -0.39 is 29.6 Å². The van der Waals surface area contributed by atoms with E-state index in [0.29, 0.717) is 29.8 Å². The fraction of sp³-hybridized carbons (Fsp3) is 0.458. The van der Waals surface area contributed by atoms with E-state index >= 15 is 0 Å². The van der Waals surface area contributed by atoms with Gasteiger partial charge in [-0.25, -0.2) is 4.79 Å². The molecule has 1 aromatic carbocycles. The van der Waals surface area contributed by atoms with Crippen LogP contribution < -0.4 is 10.1 Å². The van der Waals surface area contributed by atoms with Crippen molar-refractivity contribution in [2.45, 2.75) is 39.5 Å². The van der Waals surface area contributed by atoms with Crippen LogP contribution in [0.15, 0.2) is 34.7 Å². The van der Waals surface area contributed by atoms with Crippen molar-refractivity contribution in [3.8, 4) is 11.5 Å². The van der Waals surface area contributed by atoms with Gasteiger partial charge in [-0.3, -0.25) is 9.59 Å². The molecule has 1 aliphatic carbocycles. The predicted molar refractivity (Wildman–Crippen MR) is 121 cm³/mol. The van der Waals surface area contributed by atoms with Gasteiger partial charge in [0.25, 0.3) is 0 Å². The summed E-state index contributed by atoms with van der Waals surface area (Å²) in [6.07, 6.45) is 1.04. The van der Waals surface area contributed by atoms with Crippen LogP contribution in [-0.2, 0) is 23.9 Å². The molecule has 1 aliphatic heterocycles. The summed E-state index contributed by atoms with van der Waals surface area (Å²) < 4.78 is 15.6. The Morgan fingerprint density at radius 1 is 1.27 bits per heavy atom. The van der Waals surface area contributed by atoms with Gasteiger partial charge in [-0.2, -0.15) is 0 Å². The van der Waals surface area contributed by atoms with Gasteiger partial charge in [0.05, 0.1) is 31.4 Å². The molecule has 0 unspecified atom stereocenters. The van der Waals surface area contributed by atoms with E-state index in [1.165, 1.54) is 26.4 Å². The van der Waals surface area contributed by atoms with Gasteiger partial charge in [-0.15, -0.1) is 0 Å².